The largest absolute Gasteiger partial charge is 0.454 e. The average molecular weight is 338 g/mol. The number of nitrogens with one attached hydrogen (secondary N) is 1. The zero-order chi connectivity index (χ0) is 17.4. The Hall–Kier alpha value is -1.47. The number of hydrogen-bond acceptors (Lipinski definition) is 6. The molecule has 2 saturated carbocycles. The van der Waals surface area contributed by atoms with Gasteiger partial charge in [0.25, 0.3) is 5.91 Å². The minimum Gasteiger partial charge on any atom is -0.454 e. The second kappa shape index (κ2) is 6.44. The van der Waals surface area contributed by atoms with Crippen molar-refractivity contribution in [2.24, 2.45) is 21.8 Å². The van der Waals surface area contributed by atoms with Crippen molar-refractivity contribution in [1.29, 1.82) is 0 Å². The smallest absolute Gasteiger partial charge is 0.338 e. The molecule has 1 saturated heterocycles. The Morgan fingerprint density at radius 3 is 2.71 bits per heavy atom. The molecule has 0 unspecified atom stereocenters. The summed E-state index contributed by atoms with van der Waals surface area (Å²) in [5.74, 6) is -0.387. The molecule has 2 bridgehead atoms. The molecule has 3 aliphatic rings. The fourth-order valence-corrected chi connectivity index (χ4v) is 4.11. The van der Waals surface area contributed by atoms with Crippen molar-refractivity contribution in [3.05, 3.63) is 0 Å². The number of carbonyl (C=O) groups excluding carboxylic acids is 2. The van der Waals surface area contributed by atoms with Crippen LogP contribution in [0.1, 0.15) is 40.0 Å². The van der Waals surface area contributed by atoms with Gasteiger partial charge in [0.05, 0.1) is 19.8 Å². The Labute approximate surface area is 142 Å². The first kappa shape index (κ1) is 17.4. The van der Waals surface area contributed by atoms with E-state index in [0.717, 1.165) is 18.6 Å². The molecule has 0 spiro atoms. The first-order valence-corrected chi connectivity index (χ1v) is 8.56. The molecule has 1 heterocycles. The third kappa shape index (κ3) is 2.95. The van der Waals surface area contributed by atoms with Gasteiger partial charge in [-0.05, 0) is 30.6 Å². The lowest BCUT2D eigenvalue weighted by atomic mass is 9.70. The number of carbonyl (C=O) groups is 2. The number of nitrogens with zero attached hydrogens (tertiary/aromatic N) is 1. The molecule has 7 heteroatoms. The lowest BCUT2D eigenvalue weighted by Crippen LogP contribution is -2.38. The molecule has 134 valence electrons. The Kier molecular flexibility index (Phi) is 4.66. The van der Waals surface area contributed by atoms with Crippen LogP contribution in [0.2, 0.25) is 0 Å². The van der Waals surface area contributed by atoms with Gasteiger partial charge in [0.2, 0.25) is 0 Å². The number of ether oxygens (including phenoxy) is 3. The third-order valence-electron chi connectivity index (χ3n) is 6.25. The van der Waals surface area contributed by atoms with Crippen LogP contribution in [0.5, 0.6) is 0 Å². The van der Waals surface area contributed by atoms with Crippen molar-refractivity contribution < 1.29 is 23.8 Å². The fraction of sp³-hybridized carbons (Fsp3) is 0.824. The van der Waals surface area contributed by atoms with E-state index in [0.29, 0.717) is 19.1 Å². The fourth-order valence-electron chi connectivity index (χ4n) is 4.11. The van der Waals surface area contributed by atoms with Crippen molar-refractivity contribution in [3.8, 4) is 0 Å². The van der Waals surface area contributed by atoms with Crippen molar-refractivity contribution in [2.75, 3.05) is 26.4 Å². The van der Waals surface area contributed by atoms with Crippen molar-refractivity contribution in [3.63, 3.8) is 0 Å². The second-order valence-corrected chi connectivity index (χ2v) is 7.63. The Balaban J connectivity index is 1.48. The van der Waals surface area contributed by atoms with Gasteiger partial charge < -0.3 is 14.2 Å². The summed E-state index contributed by atoms with van der Waals surface area (Å²) in [6.07, 6.45) is 2.50. The summed E-state index contributed by atoms with van der Waals surface area (Å²) in [7, 11) is 0. The third-order valence-corrected chi connectivity index (χ3v) is 6.25. The summed E-state index contributed by atoms with van der Waals surface area (Å²) in [4.78, 5) is 23.7. The van der Waals surface area contributed by atoms with Crippen LogP contribution in [-0.2, 0) is 23.8 Å². The van der Waals surface area contributed by atoms with E-state index in [-0.39, 0.29) is 24.0 Å². The van der Waals surface area contributed by atoms with Crippen LogP contribution in [0, 0.1) is 16.7 Å². The quantitative estimate of drug-likeness (QED) is 0.616. The summed E-state index contributed by atoms with van der Waals surface area (Å²) in [6.45, 7) is 7.42. The van der Waals surface area contributed by atoms with Gasteiger partial charge in [-0.2, -0.15) is 5.10 Å². The average Bonchev–Trinajstić information content (AvgIpc) is 2.91. The van der Waals surface area contributed by atoms with E-state index >= 15 is 0 Å². The van der Waals surface area contributed by atoms with Crippen LogP contribution in [0.25, 0.3) is 0 Å². The van der Waals surface area contributed by atoms with E-state index in [9.17, 15) is 9.59 Å². The van der Waals surface area contributed by atoms with Crippen molar-refractivity contribution >= 4 is 17.6 Å². The maximum atomic E-state index is 11.9. The SMILES string of the molecule is CC1(C)[C@H]2CC[C@]1(C)C(=NNC(=O)COC(=O)[C@@H]1COCCO1)C2. The van der Waals surface area contributed by atoms with Crippen LogP contribution in [0.15, 0.2) is 5.10 Å². The molecular weight excluding hydrogens is 312 g/mol. The molecule has 0 aromatic carbocycles. The monoisotopic (exact) mass is 338 g/mol. The van der Waals surface area contributed by atoms with E-state index in [1.54, 1.807) is 0 Å². The minimum absolute atomic E-state index is 0.0366. The predicted molar refractivity (Wildman–Crippen MR) is 86.3 cm³/mol. The summed E-state index contributed by atoms with van der Waals surface area (Å²) in [6, 6.07) is 0. The van der Waals surface area contributed by atoms with Gasteiger partial charge in [-0.15, -0.1) is 0 Å². The van der Waals surface area contributed by atoms with E-state index in [4.69, 9.17) is 14.2 Å². The predicted octanol–water partition coefficient (Wildman–Crippen LogP) is 1.26. The van der Waals surface area contributed by atoms with Gasteiger partial charge in [0.1, 0.15) is 0 Å². The summed E-state index contributed by atoms with van der Waals surface area (Å²) >= 11 is 0. The molecule has 1 amide bonds. The molecule has 1 N–H and O–H groups in total. The van der Waals surface area contributed by atoms with Crippen LogP contribution < -0.4 is 5.43 Å². The van der Waals surface area contributed by atoms with Crippen LogP contribution in [0.3, 0.4) is 0 Å². The van der Waals surface area contributed by atoms with Gasteiger partial charge in [-0.1, -0.05) is 20.8 Å². The minimum atomic E-state index is -0.747. The maximum absolute atomic E-state index is 11.9. The summed E-state index contributed by atoms with van der Waals surface area (Å²) in [5, 5.41) is 4.33. The van der Waals surface area contributed by atoms with Gasteiger partial charge in [-0.25, -0.2) is 10.2 Å². The standard InChI is InChI=1S/C17H26N2O5/c1-16(2)11-4-5-17(16,3)13(8-11)18-19-14(20)10-24-15(21)12-9-22-6-7-23-12/h11-12H,4-10H2,1-3H3,(H,19,20)/t11-,12-,17+/m0/s1. The Bertz CT molecular complexity index is 553. The number of fused-ring (bicyclic) bond motifs is 2. The highest BCUT2D eigenvalue weighted by Crippen LogP contribution is 2.63. The van der Waals surface area contributed by atoms with Gasteiger partial charge >= 0.3 is 5.97 Å². The molecule has 0 aromatic heterocycles. The number of hydrogen-bond donors (Lipinski definition) is 1. The number of rotatable bonds is 4. The number of amides is 1. The molecule has 2 aliphatic carbocycles. The molecule has 3 fully saturated rings. The lowest BCUT2D eigenvalue weighted by molar-refractivity contribution is -0.172. The van der Waals surface area contributed by atoms with E-state index in [1.165, 1.54) is 6.42 Å². The first-order valence-electron chi connectivity index (χ1n) is 8.56. The highest BCUT2D eigenvalue weighted by Gasteiger charge is 2.60. The number of hydrazone groups is 1. The lowest BCUT2D eigenvalue weighted by Gasteiger charge is -2.34. The van der Waals surface area contributed by atoms with Gasteiger partial charge in [0, 0.05) is 11.1 Å². The van der Waals surface area contributed by atoms with Crippen LogP contribution in [-0.4, -0.2) is 50.1 Å². The van der Waals surface area contributed by atoms with E-state index in [1.807, 2.05) is 0 Å². The van der Waals surface area contributed by atoms with Crippen molar-refractivity contribution in [1.82, 2.24) is 5.43 Å². The summed E-state index contributed by atoms with van der Waals surface area (Å²) in [5.41, 5.74) is 3.83. The molecule has 24 heavy (non-hydrogen) atoms. The Morgan fingerprint density at radius 1 is 1.33 bits per heavy atom. The van der Waals surface area contributed by atoms with Crippen LogP contribution in [0.4, 0.5) is 0 Å². The molecule has 3 rings (SSSR count). The summed E-state index contributed by atoms with van der Waals surface area (Å²) < 4.78 is 15.3. The highest BCUT2D eigenvalue weighted by atomic mass is 16.6. The first-order chi connectivity index (χ1) is 11.3. The molecule has 3 atom stereocenters. The Morgan fingerprint density at radius 2 is 2.12 bits per heavy atom. The van der Waals surface area contributed by atoms with Gasteiger partial charge in [0.15, 0.2) is 12.7 Å². The zero-order valence-electron chi connectivity index (χ0n) is 14.6. The number of esters is 1. The molecule has 0 aromatic rings. The molecule has 7 nitrogen and oxygen atoms in total. The topological polar surface area (TPSA) is 86.2 Å². The van der Waals surface area contributed by atoms with Crippen molar-refractivity contribution in [2.45, 2.75) is 46.1 Å². The normalized spacial score (nSPS) is 35.9. The zero-order valence-corrected chi connectivity index (χ0v) is 14.6. The molecule has 0 radical (unpaired) electrons. The van der Waals surface area contributed by atoms with E-state index < -0.39 is 18.0 Å². The molecular formula is C17H26N2O5. The molecule has 1 aliphatic heterocycles. The second-order valence-electron chi connectivity index (χ2n) is 7.63. The highest BCUT2D eigenvalue weighted by molar-refractivity contribution is 5.95. The van der Waals surface area contributed by atoms with Gasteiger partial charge in [-0.3, -0.25) is 4.79 Å². The maximum Gasteiger partial charge on any atom is 0.338 e. The van der Waals surface area contributed by atoms with Crippen LogP contribution >= 0.6 is 0 Å². The van der Waals surface area contributed by atoms with E-state index in [2.05, 4.69) is 31.3 Å².